The Balaban J connectivity index is 1.92. The number of carbonyl (C=O) groups excluding carboxylic acids is 1. The lowest BCUT2D eigenvalue weighted by atomic mass is 9.79. The summed E-state index contributed by atoms with van der Waals surface area (Å²) < 4.78 is 0. The molecule has 2 aliphatic rings. The van der Waals surface area contributed by atoms with E-state index >= 15 is 0 Å². The Hall–Kier alpha value is -2.73. The molecule has 0 unspecified atom stereocenters. The zero-order valence-corrected chi connectivity index (χ0v) is 13.2. The lowest BCUT2D eigenvalue weighted by Gasteiger charge is -2.30. The van der Waals surface area contributed by atoms with Gasteiger partial charge in [0.15, 0.2) is 5.54 Å². The van der Waals surface area contributed by atoms with Gasteiger partial charge in [0.1, 0.15) is 0 Å². The van der Waals surface area contributed by atoms with Gasteiger partial charge >= 0.3 is 0 Å². The molecule has 6 heteroatoms. The molecule has 2 aromatic rings. The molecule has 1 spiro atoms. The van der Waals surface area contributed by atoms with Crippen molar-refractivity contribution in [3.63, 3.8) is 0 Å². The number of benzene rings is 2. The van der Waals surface area contributed by atoms with Gasteiger partial charge < -0.3 is 5.32 Å². The first-order valence-corrected chi connectivity index (χ1v) is 7.87. The second kappa shape index (κ2) is 5.14. The highest BCUT2D eigenvalue weighted by Crippen LogP contribution is 2.51. The Labute approximate surface area is 139 Å². The summed E-state index contributed by atoms with van der Waals surface area (Å²) in [6.45, 7) is 0.456. The van der Waals surface area contributed by atoms with Crippen LogP contribution in [0, 0.1) is 10.1 Å². The van der Waals surface area contributed by atoms with Crippen LogP contribution in [0.3, 0.4) is 0 Å². The Bertz CT molecular complexity index is 823. The highest BCUT2D eigenvalue weighted by Gasteiger charge is 2.68. The molecular weight excluding hydrogens is 306 g/mol. The van der Waals surface area contributed by atoms with E-state index in [-0.39, 0.29) is 16.7 Å². The Kier molecular flexibility index (Phi) is 3.18. The van der Waals surface area contributed by atoms with Gasteiger partial charge in [0, 0.05) is 22.7 Å². The largest absolute Gasteiger partial charge is 0.324 e. The third-order valence-corrected chi connectivity index (χ3v) is 5.27. The summed E-state index contributed by atoms with van der Waals surface area (Å²) in [4.78, 5) is 26.5. The summed E-state index contributed by atoms with van der Waals surface area (Å²) in [5.41, 5.74) is 0.980. The number of likely N-dealkylation sites (tertiary alicyclic amines) is 1. The van der Waals surface area contributed by atoms with Crippen molar-refractivity contribution in [3.05, 3.63) is 75.8 Å². The van der Waals surface area contributed by atoms with Crippen LogP contribution in [0.25, 0.3) is 0 Å². The third kappa shape index (κ3) is 1.77. The number of nitrogens with one attached hydrogen (secondary N) is 1. The normalized spacial score (nSPS) is 28.8. The van der Waals surface area contributed by atoms with Gasteiger partial charge in [-0.2, -0.15) is 0 Å². The topological polar surface area (TPSA) is 75.5 Å². The van der Waals surface area contributed by atoms with Crippen LogP contribution in [-0.2, 0) is 10.3 Å². The molecule has 1 amide bonds. The first-order chi connectivity index (χ1) is 11.6. The van der Waals surface area contributed by atoms with E-state index in [4.69, 9.17) is 0 Å². The molecule has 0 aromatic heterocycles. The SMILES string of the molecule is CN1C[C@H](c2ccccc2)[C@H]([N+](=O)[O-])[C@@]12C(=O)Nc1ccccc12. The molecule has 122 valence electrons. The van der Waals surface area contributed by atoms with Gasteiger partial charge in [-0.05, 0) is 18.7 Å². The summed E-state index contributed by atoms with van der Waals surface area (Å²) in [6, 6.07) is 15.6. The van der Waals surface area contributed by atoms with Crippen LogP contribution in [0.2, 0.25) is 0 Å². The van der Waals surface area contributed by atoms with Crippen molar-refractivity contribution in [3.8, 4) is 0 Å². The number of hydrogen-bond acceptors (Lipinski definition) is 4. The summed E-state index contributed by atoms with van der Waals surface area (Å²) in [5, 5.41) is 14.9. The maximum atomic E-state index is 12.9. The molecule has 0 aliphatic carbocycles. The van der Waals surface area contributed by atoms with Crippen LogP contribution in [0.1, 0.15) is 17.0 Å². The summed E-state index contributed by atoms with van der Waals surface area (Å²) >= 11 is 0. The molecule has 0 bridgehead atoms. The summed E-state index contributed by atoms with van der Waals surface area (Å²) in [7, 11) is 1.79. The smallest absolute Gasteiger partial charge is 0.256 e. The molecule has 0 saturated carbocycles. The second-order valence-electron chi connectivity index (χ2n) is 6.39. The van der Waals surface area contributed by atoms with E-state index < -0.39 is 11.6 Å². The quantitative estimate of drug-likeness (QED) is 0.679. The van der Waals surface area contributed by atoms with Gasteiger partial charge in [0.2, 0.25) is 0 Å². The molecule has 1 N–H and O–H groups in total. The highest BCUT2D eigenvalue weighted by molar-refractivity contribution is 6.06. The van der Waals surface area contributed by atoms with E-state index in [0.717, 1.165) is 5.56 Å². The fourth-order valence-corrected chi connectivity index (χ4v) is 4.28. The monoisotopic (exact) mass is 323 g/mol. The number of fused-ring (bicyclic) bond motifs is 2. The van der Waals surface area contributed by atoms with Crippen molar-refractivity contribution in [2.24, 2.45) is 0 Å². The average molecular weight is 323 g/mol. The minimum atomic E-state index is -1.26. The Morgan fingerprint density at radius 3 is 2.54 bits per heavy atom. The molecule has 0 radical (unpaired) electrons. The first kappa shape index (κ1) is 14.8. The number of nitro groups is 1. The number of rotatable bonds is 2. The number of carbonyl (C=O) groups is 1. The van der Waals surface area contributed by atoms with Crippen LogP contribution >= 0.6 is 0 Å². The van der Waals surface area contributed by atoms with Crippen molar-refractivity contribution in [2.45, 2.75) is 17.5 Å². The predicted molar refractivity (Wildman–Crippen MR) is 89.3 cm³/mol. The van der Waals surface area contributed by atoms with E-state index in [1.54, 1.807) is 13.1 Å². The Morgan fingerprint density at radius 2 is 1.83 bits per heavy atom. The fraction of sp³-hybridized carbons (Fsp3) is 0.278. The summed E-state index contributed by atoms with van der Waals surface area (Å²) in [5.74, 6) is -0.658. The van der Waals surface area contributed by atoms with Crippen LogP contribution in [0.4, 0.5) is 5.69 Å². The number of hydrogen-bond donors (Lipinski definition) is 1. The lowest BCUT2D eigenvalue weighted by Crippen LogP contribution is -2.54. The zero-order valence-electron chi connectivity index (χ0n) is 13.2. The predicted octanol–water partition coefficient (Wildman–Crippen LogP) is 2.21. The second-order valence-corrected chi connectivity index (χ2v) is 6.39. The molecule has 3 atom stereocenters. The van der Waals surface area contributed by atoms with Crippen molar-refractivity contribution >= 4 is 11.6 Å². The van der Waals surface area contributed by atoms with E-state index in [9.17, 15) is 14.9 Å². The third-order valence-electron chi connectivity index (χ3n) is 5.27. The number of para-hydroxylation sites is 1. The number of anilines is 1. The standard InChI is InChI=1S/C18H17N3O3/c1-20-11-13(12-7-3-2-4-8-12)16(21(23)24)18(20)14-9-5-6-10-15(14)19-17(18)22/h2-10,13,16H,11H2,1H3,(H,19,22)/t13-,16+,18+/m1/s1. The number of likely N-dealkylation sites (N-methyl/N-ethyl adjacent to an activating group) is 1. The van der Waals surface area contributed by atoms with Crippen LogP contribution < -0.4 is 5.32 Å². The molecule has 4 rings (SSSR count). The van der Waals surface area contributed by atoms with E-state index in [1.807, 2.05) is 53.4 Å². The first-order valence-electron chi connectivity index (χ1n) is 7.87. The van der Waals surface area contributed by atoms with Crippen molar-refractivity contribution in [1.82, 2.24) is 4.90 Å². The molecule has 24 heavy (non-hydrogen) atoms. The van der Waals surface area contributed by atoms with Gasteiger partial charge in [0.05, 0.1) is 5.92 Å². The van der Waals surface area contributed by atoms with Crippen LogP contribution in [0.15, 0.2) is 54.6 Å². The summed E-state index contributed by atoms with van der Waals surface area (Å²) in [6.07, 6.45) is 0. The average Bonchev–Trinajstić information content (AvgIpc) is 3.05. The van der Waals surface area contributed by atoms with Gasteiger partial charge in [-0.25, -0.2) is 0 Å². The van der Waals surface area contributed by atoms with Gasteiger partial charge in [-0.1, -0.05) is 48.5 Å². The minimum absolute atomic E-state index is 0.289. The molecule has 6 nitrogen and oxygen atoms in total. The van der Waals surface area contributed by atoms with E-state index in [2.05, 4.69) is 5.32 Å². The molecule has 2 aromatic carbocycles. The molecular formula is C18H17N3O3. The minimum Gasteiger partial charge on any atom is -0.324 e. The fourth-order valence-electron chi connectivity index (χ4n) is 4.28. The van der Waals surface area contributed by atoms with Crippen molar-refractivity contribution < 1.29 is 9.72 Å². The zero-order chi connectivity index (χ0) is 16.9. The maximum absolute atomic E-state index is 12.9. The van der Waals surface area contributed by atoms with Gasteiger partial charge in [-0.15, -0.1) is 0 Å². The molecule has 1 fully saturated rings. The highest BCUT2D eigenvalue weighted by atomic mass is 16.6. The maximum Gasteiger partial charge on any atom is 0.256 e. The number of nitrogens with zero attached hydrogens (tertiary/aromatic N) is 2. The van der Waals surface area contributed by atoms with Crippen LogP contribution in [-0.4, -0.2) is 35.4 Å². The molecule has 2 heterocycles. The van der Waals surface area contributed by atoms with Crippen LogP contribution in [0.5, 0.6) is 0 Å². The number of amides is 1. The van der Waals surface area contributed by atoms with Crippen molar-refractivity contribution in [1.29, 1.82) is 0 Å². The lowest BCUT2D eigenvalue weighted by molar-refractivity contribution is -0.534. The van der Waals surface area contributed by atoms with E-state index in [0.29, 0.717) is 17.8 Å². The van der Waals surface area contributed by atoms with E-state index in [1.165, 1.54) is 0 Å². The molecule has 1 saturated heterocycles. The van der Waals surface area contributed by atoms with Crippen molar-refractivity contribution in [2.75, 3.05) is 18.9 Å². The Morgan fingerprint density at radius 1 is 1.17 bits per heavy atom. The molecule has 2 aliphatic heterocycles. The van der Waals surface area contributed by atoms with Gasteiger partial charge in [0.25, 0.3) is 11.9 Å². The van der Waals surface area contributed by atoms with Gasteiger partial charge in [-0.3, -0.25) is 19.8 Å².